The maximum atomic E-state index is 12.7. The lowest BCUT2D eigenvalue weighted by Crippen LogP contribution is -2.17. The predicted molar refractivity (Wildman–Crippen MR) is 49.9 cm³/mol. The standard InChI is InChI=1S/C10H15FN2/c1-7(10(2,3)4)8-5-6-12-9(11)13-8/h5-7H,1-4H3. The first-order valence-electron chi connectivity index (χ1n) is 4.39. The average molecular weight is 182 g/mol. The lowest BCUT2D eigenvalue weighted by atomic mass is 9.80. The Morgan fingerprint density at radius 3 is 2.46 bits per heavy atom. The van der Waals surface area contributed by atoms with Gasteiger partial charge in [0.2, 0.25) is 0 Å². The molecule has 1 aromatic rings. The van der Waals surface area contributed by atoms with E-state index in [0.29, 0.717) is 0 Å². The van der Waals surface area contributed by atoms with E-state index in [1.165, 1.54) is 6.20 Å². The number of aromatic nitrogens is 2. The summed E-state index contributed by atoms with van der Waals surface area (Å²) in [5, 5.41) is 0. The summed E-state index contributed by atoms with van der Waals surface area (Å²) < 4.78 is 12.7. The zero-order valence-corrected chi connectivity index (χ0v) is 8.50. The molecule has 3 heteroatoms. The van der Waals surface area contributed by atoms with Crippen molar-refractivity contribution in [3.05, 3.63) is 24.0 Å². The van der Waals surface area contributed by atoms with Gasteiger partial charge in [0.15, 0.2) is 0 Å². The van der Waals surface area contributed by atoms with Crippen molar-refractivity contribution in [3.8, 4) is 0 Å². The van der Waals surface area contributed by atoms with E-state index in [9.17, 15) is 4.39 Å². The van der Waals surface area contributed by atoms with Crippen molar-refractivity contribution in [2.75, 3.05) is 0 Å². The third-order valence-corrected chi connectivity index (χ3v) is 2.39. The number of halogens is 1. The Morgan fingerprint density at radius 2 is 2.00 bits per heavy atom. The van der Waals surface area contributed by atoms with E-state index in [0.717, 1.165) is 5.69 Å². The zero-order chi connectivity index (χ0) is 10.1. The summed E-state index contributed by atoms with van der Waals surface area (Å²) in [6, 6.07) is 1.76. The lowest BCUT2D eigenvalue weighted by molar-refractivity contribution is 0.330. The normalized spacial score (nSPS) is 14.2. The predicted octanol–water partition coefficient (Wildman–Crippen LogP) is 2.77. The minimum atomic E-state index is -0.645. The van der Waals surface area contributed by atoms with Crippen LogP contribution in [0.4, 0.5) is 4.39 Å². The highest BCUT2D eigenvalue weighted by Crippen LogP contribution is 2.32. The minimum absolute atomic E-state index is 0.0980. The Hall–Kier alpha value is -0.990. The van der Waals surface area contributed by atoms with Gasteiger partial charge in [0.05, 0.1) is 5.69 Å². The molecule has 0 aliphatic carbocycles. The first-order valence-corrected chi connectivity index (χ1v) is 4.39. The zero-order valence-electron chi connectivity index (χ0n) is 8.50. The molecule has 0 amide bonds. The molecule has 0 bridgehead atoms. The Morgan fingerprint density at radius 1 is 1.38 bits per heavy atom. The van der Waals surface area contributed by atoms with Crippen LogP contribution in [0.15, 0.2) is 12.3 Å². The van der Waals surface area contributed by atoms with E-state index in [1.54, 1.807) is 6.07 Å². The van der Waals surface area contributed by atoms with Crippen LogP contribution in [0.2, 0.25) is 0 Å². The van der Waals surface area contributed by atoms with Gasteiger partial charge in [-0.15, -0.1) is 0 Å². The maximum absolute atomic E-state index is 12.7. The topological polar surface area (TPSA) is 25.8 Å². The average Bonchev–Trinajstić information content (AvgIpc) is 2.01. The van der Waals surface area contributed by atoms with Gasteiger partial charge >= 0.3 is 6.08 Å². The largest absolute Gasteiger partial charge is 0.308 e. The molecular weight excluding hydrogens is 167 g/mol. The molecule has 0 N–H and O–H groups in total. The summed E-state index contributed by atoms with van der Waals surface area (Å²) in [4.78, 5) is 7.19. The van der Waals surface area contributed by atoms with Crippen LogP contribution in [-0.2, 0) is 0 Å². The third-order valence-electron chi connectivity index (χ3n) is 2.39. The van der Waals surface area contributed by atoms with E-state index in [-0.39, 0.29) is 11.3 Å². The van der Waals surface area contributed by atoms with E-state index in [4.69, 9.17) is 0 Å². The second-order valence-electron chi connectivity index (χ2n) is 4.34. The molecule has 1 atom stereocenters. The van der Waals surface area contributed by atoms with Gasteiger partial charge in [-0.2, -0.15) is 4.39 Å². The van der Waals surface area contributed by atoms with Crippen LogP contribution in [0, 0.1) is 11.5 Å². The van der Waals surface area contributed by atoms with Crippen molar-refractivity contribution < 1.29 is 4.39 Å². The van der Waals surface area contributed by atoms with Crippen LogP contribution >= 0.6 is 0 Å². The van der Waals surface area contributed by atoms with Gasteiger partial charge < -0.3 is 0 Å². The van der Waals surface area contributed by atoms with Crippen molar-refractivity contribution in [1.82, 2.24) is 9.97 Å². The van der Waals surface area contributed by atoms with E-state index in [2.05, 4.69) is 30.7 Å². The van der Waals surface area contributed by atoms with Gasteiger partial charge in [-0.05, 0) is 11.5 Å². The van der Waals surface area contributed by atoms with E-state index >= 15 is 0 Å². The minimum Gasteiger partial charge on any atom is -0.211 e. The summed E-state index contributed by atoms with van der Waals surface area (Å²) in [5.74, 6) is 0.227. The van der Waals surface area contributed by atoms with Gasteiger partial charge in [-0.3, -0.25) is 0 Å². The molecule has 0 spiro atoms. The fourth-order valence-electron chi connectivity index (χ4n) is 1.03. The molecule has 1 heterocycles. The van der Waals surface area contributed by atoms with Gasteiger partial charge in [-0.25, -0.2) is 9.97 Å². The Bertz CT molecular complexity index is 291. The molecule has 13 heavy (non-hydrogen) atoms. The maximum Gasteiger partial charge on any atom is 0.308 e. The van der Waals surface area contributed by atoms with Crippen LogP contribution in [0.1, 0.15) is 39.3 Å². The van der Waals surface area contributed by atoms with Crippen LogP contribution in [-0.4, -0.2) is 9.97 Å². The molecule has 0 radical (unpaired) electrons. The number of rotatable bonds is 1. The van der Waals surface area contributed by atoms with Crippen molar-refractivity contribution in [2.45, 2.75) is 33.6 Å². The molecular formula is C10H15FN2. The second kappa shape index (κ2) is 3.40. The first kappa shape index (κ1) is 10.1. The molecule has 1 unspecified atom stereocenters. The van der Waals surface area contributed by atoms with Gasteiger partial charge in [-0.1, -0.05) is 27.7 Å². The van der Waals surface area contributed by atoms with E-state index < -0.39 is 6.08 Å². The van der Waals surface area contributed by atoms with Gasteiger partial charge in [0.1, 0.15) is 0 Å². The molecule has 72 valence electrons. The van der Waals surface area contributed by atoms with Gasteiger partial charge in [0.25, 0.3) is 0 Å². The Labute approximate surface area is 78.2 Å². The highest BCUT2D eigenvalue weighted by Gasteiger charge is 2.22. The molecule has 1 aromatic heterocycles. The summed E-state index contributed by atoms with van der Waals surface area (Å²) in [7, 11) is 0. The quantitative estimate of drug-likeness (QED) is 0.624. The monoisotopic (exact) mass is 182 g/mol. The van der Waals surface area contributed by atoms with Crippen LogP contribution in [0.25, 0.3) is 0 Å². The van der Waals surface area contributed by atoms with Crippen LogP contribution < -0.4 is 0 Å². The molecule has 0 fully saturated rings. The second-order valence-corrected chi connectivity index (χ2v) is 4.34. The van der Waals surface area contributed by atoms with Crippen molar-refractivity contribution in [1.29, 1.82) is 0 Å². The summed E-state index contributed by atoms with van der Waals surface area (Å²) in [5.41, 5.74) is 0.862. The molecule has 0 saturated heterocycles. The lowest BCUT2D eigenvalue weighted by Gasteiger charge is -2.26. The van der Waals surface area contributed by atoms with Crippen molar-refractivity contribution >= 4 is 0 Å². The summed E-state index contributed by atoms with van der Waals surface area (Å²) in [6.45, 7) is 8.37. The molecule has 1 rings (SSSR count). The van der Waals surface area contributed by atoms with E-state index in [1.807, 2.05) is 6.92 Å². The molecule has 0 aliphatic rings. The van der Waals surface area contributed by atoms with Crippen molar-refractivity contribution in [2.24, 2.45) is 5.41 Å². The first-order chi connectivity index (χ1) is 5.91. The highest BCUT2D eigenvalue weighted by atomic mass is 19.1. The number of nitrogens with zero attached hydrogens (tertiary/aromatic N) is 2. The smallest absolute Gasteiger partial charge is 0.211 e. The SMILES string of the molecule is CC(c1ccnc(F)n1)C(C)(C)C. The van der Waals surface area contributed by atoms with Crippen LogP contribution in [0.5, 0.6) is 0 Å². The Balaban J connectivity index is 2.96. The number of hydrogen-bond donors (Lipinski definition) is 0. The van der Waals surface area contributed by atoms with Gasteiger partial charge in [0, 0.05) is 12.1 Å². The highest BCUT2D eigenvalue weighted by molar-refractivity contribution is 5.07. The van der Waals surface area contributed by atoms with Crippen LogP contribution in [0.3, 0.4) is 0 Å². The molecule has 2 nitrogen and oxygen atoms in total. The number of hydrogen-bond acceptors (Lipinski definition) is 2. The third kappa shape index (κ3) is 2.47. The summed E-state index contributed by atoms with van der Waals surface area (Å²) >= 11 is 0. The molecule has 0 aromatic carbocycles. The fraction of sp³-hybridized carbons (Fsp3) is 0.600. The Kier molecular flexibility index (Phi) is 2.64. The summed E-state index contributed by atoms with van der Waals surface area (Å²) in [6.07, 6.45) is 0.813. The molecule has 0 aliphatic heterocycles. The fourth-order valence-corrected chi connectivity index (χ4v) is 1.03. The molecule has 0 saturated carbocycles. The van der Waals surface area contributed by atoms with Crippen molar-refractivity contribution in [3.63, 3.8) is 0 Å².